The molecule has 29 heavy (non-hydrogen) atoms. The van der Waals surface area contributed by atoms with E-state index in [1.54, 1.807) is 19.1 Å². The first kappa shape index (κ1) is 19.3. The summed E-state index contributed by atoms with van der Waals surface area (Å²) >= 11 is 0. The third kappa shape index (κ3) is 3.78. The van der Waals surface area contributed by atoms with Crippen LogP contribution in [0.1, 0.15) is 24.4 Å². The number of nitrogens with one attached hydrogen (secondary N) is 2. The van der Waals surface area contributed by atoms with Gasteiger partial charge in [0, 0.05) is 18.9 Å². The van der Waals surface area contributed by atoms with Crippen LogP contribution in [0.25, 0.3) is 0 Å². The fourth-order valence-electron chi connectivity index (χ4n) is 4.35. The molecule has 4 rings (SSSR count). The van der Waals surface area contributed by atoms with Gasteiger partial charge < -0.3 is 19.7 Å². The minimum Gasteiger partial charge on any atom is -0.497 e. The molecule has 1 saturated heterocycles. The van der Waals surface area contributed by atoms with Crippen molar-refractivity contribution >= 4 is 23.2 Å². The summed E-state index contributed by atoms with van der Waals surface area (Å²) in [4.78, 5) is 28.0. The third-order valence-electron chi connectivity index (χ3n) is 5.75. The predicted octanol–water partition coefficient (Wildman–Crippen LogP) is 1.41. The van der Waals surface area contributed by atoms with Crippen molar-refractivity contribution in [1.29, 1.82) is 0 Å². The lowest BCUT2D eigenvalue weighted by Crippen LogP contribution is -3.11. The molecule has 2 atom stereocenters. The fraction of sp³-hybridized carbons (Fsp3) is 0.364. The third-order valence-corrected chi connectivity index (χ3v) is 5.75. The monoisotopic (exact) mass is 396 g/mol. The zero-order chi connectivity index (χ0) is 20.4. The lowest BCUT2D eigenvalue weighted by molar-refractivity contribution is -0.910. The SMILES string of the molecule is COc1ccc([C@H]2CCC[NH+]2CC(=O)N2CC(=O)Nc3ccccc32)c(OC)c1. The van der Waals surface area contributed by atoms with Gasteiger partial charge in [0.15, 0.2) is 6.54 Å². The molecule has 2 N–H and O–H groups in total. The van der Waals surface area contributed by atoms with Crippen molar-refractivity contribution in [3.05, 3.63) is 48.0 Å². The van der Waals surface area contributed by atoms with Gasteiger partial charge in [0.05, 0.1) is 37.7 Å². The molecular weight excluding hydrogens is 370 g/mol. The van der Waals surface area contributed by atoms with Crippen LogP contribution in [0, 0.1) is 0 Å². The highest BCUT2D eigenvalue weighted by atomic mass is 16.5. The zero-order valence-electron chi connectivity index (χ0n) is 16.7. The molecule has 0 aromatic heterocycles. The summed E-state index contributed by atoms with van der Waals surface area (Å²) in [7, 11) is 3.29. The second-order valence-corrected chi connectivity index (χ2v) is 7.43. The Kier molecular flexibility index (Phi) is 5.40. The van der Waals surface area contributed by atoms with Gasteiger partial charge in [0.25, 0.3) is 5.91 Å². The highest BCUT2D eigenvalue weighted by molar-refractivity contribution is 6.10. The van der Waals surface area contributed by atoms with Crippen molar-refractivity contribution in [2.45, 2.75) is 18.9 Å². The molecule has 2 aromatic rings. The number of hydrogen-bond donors (Lipinski definition) is 2. The lowest BCUT2D eigenvalue weighted by atomic mass is 10.0. The van der Waals surface area contributed by atoms with Crippen LogP contribution < -0.4 is 24.6 Å². The molecule has 7 heteroatoms. The van der Waals surface area contributed by atoms with Gasteiger partial charge >= 0.3 is 0 Å². The molecule has 7 nitrogen and oxygen atoms in total. The van der Waals surface area contributed by atoms with Crippen molar-refractivity contribution in [2.24, 2.45) is 0 Å². The Bertz CT molecular complexity index is 930. The molecule has 1 fully saturated rings. The van der Waals surface area contributed by atoms with E-state index in [-0.39, 0.29) is 24.4 Å². The van der Waals surface area contributed by atoms with Gasteiger partial charge in [-0.3, -0.25) is 14.5 Å². The van der Waals surface area contributed by atoms with Crippen LogP contribution in [-0.2, 0) is 9.59 Å². The van der Waals surface area contributed by atoms with E-state index in [4.69, 9.17) is 9.47 Å². The number of amides is 2. The average molecular weight is 396 g/mol. The molecule has 0 radical (unpaired) electrons. The van der Waals surface area contributed by atoms with Gasteiger partial charge in [-0.25, -0.2) is 0 Å². The summed E-state index contributed by atoms with van der Waals surface area (Å²) in [6.45, 7) is 1.30. The summed E-state index contributed by atoms with van der Waals surface area (Å²) in [5.41, 5.74) is 2.53. The summed E-state index contributed by atoms with van der Waals surface area (Å²) in [5.74, 6) is 1.32. The molecule has 0 aliphatic carbocycles. The van der Waals surface area contributed by atoms with Crippen molar-refractivity contribution in [1.82, 2.24) is 0 Å². The van der Waals surface area contributed by atoms with Crippen molar-refractivity contribution < 1.29 is 24.0 Å². The number of likely N-dealkylation sites (tertiary alicyclic amines) is 1. The minimum absolute atomic E-state index is 0.0401. The largest absolute Gasteiger partial charge is 0.497 e. The molecule has 0 bridgehead atoms. The van der Waals surface area contributed by atoms with Crippen LogP contribution in [0.15, 0.2) is 42.5 Å². The lowest BCUT2D eigenvalue weighted by Gasteiger charge is -2.31. The van der Waals surface area contributed by atoms with Crippen LogP contribution in [0.2, 0.25) is 0 Å². The number of anilines is 2. The molecule has 0 spiro atoms. The first-order valence-electron chi connectivity index (χ1n) is 9.86. The predicted molar refractivity (Wildman–Crippen MR) is 110 cm³/mol. The summed E-state index contributed by atoms with van der Waals surface area (Å²) < 4.78 is 10.9. The van der Waals surface area contributed by atoms with Crippen LogP contribution >= 0.6 is 0 Å². The van der Waals surface area contributed by atoms with E-state index < -0.39 is 0 Å². The Balaban J connectivity index is 1.55. The number of para-hydroxylation sites is 2. The van der Waals surface area contributed by atoms with Crippen LogP contribution in [0.4, 0.5) is 11.4 Å². The average Bonchev–Trinajstić information content (AvgIpc) is 3.20. The Morgan fingerprint density at radius 3 is 2.83 bits per heavy atom. The first-order chi connectivity index (χ1) is 14.1. The van der Waals surface area contributed by atoms with Crippen LogP contribution in [-0.4, -0.2) is 45.7 Å². The number of quaternary nitrogens is 1. The number of methoxy groups -OCH3 is 2. The van der Waals surface area contributed by atoms with E-state index in [0.29, 0.717) is 12.2 Å². The number of nitrogens with zero attached hydrogens (tertiary/aromatic N) is 1. The van der Waals surface area contributed by atoms with E-state index in [1.807, 2.05) is 42.5 Å². The van der Waals surface area contributed by atoms with Gasteiger partial charge in [-0.05, 0) is 24.3 Å². The number of ether oxygens (including phenoxy) is 2. The summed E-state index contributed by atoms with van der Waals surface area (Å²) in [6, 6.07) is 13.4. The summed E-state index contributed by atoms with van der Waals surface area (Å²) in [6.07, 6.45) is 2.03. The highest BCUT2D eigenvalue weighted by Gasteiger charge is 2.36. The molecule has 0 saturated carbocycles. The maximum Gasteiger partial charge on any atom is 0.282 e. The standard InChI is InChI=1S/C22H25N3O4/c1-28-15-9-10-16(20(12-15)29-2)18-8-5-11-24(18)14-22(27)25-13-21(26)23-17-6-3-4-7-19(17)25/h3-4,6-7,9-10,12,18H,5,8,11,13-14H2,1-2H3,(H,23,26)/p+1/t18-/m1/s1. The second-order valence-electron chi connectivity index (χ2n) is 7.43. The quantitative estimate of drug-likeness (QED) is 0.802. The molecule has 1 unspecified atom stereocenters. The van der Waals surface area contributed by atoms with E-state index in [2.05, 4.69) is 5.32 Å². The van der Waals surface area contributed by atoms with E-state index in [9.17, 15) is 9.59 Å². The molecule has 2 heterocycles. The molecular formula is C22H26N3O4+. The highest BCUT2D eigenvalue weighted by Crippen LogP contribution is 2.32. The number of fused-ring (bicyclic) bond motifs is 1. The molecule has 2 aliphatic heterocycles. The molecule has 2 aliphatic rings. The van der Waals surface area contributed by atoms with E-state index in [0.717, 1.165) is 42.1 Å². The second kappa shape index (κ2) is 8.13. The molecule has 2 aromatic carbocycles. The van der Waals surface area contributed by atoms with Gasteiger partial charge in [0.2, 0.25) is 5.91 Å². The normalized spacial score (nSPS) is 20.8. The van der Waals surface area contributed by atoms with Gasteiger partial charge in [-0.15, -0.1) is 0 Å². The van der Waals surface area contributed by atoms with E-state index >= 15 is 0 Å². The van der Waals surface area contributed by atoms with E-state index in [1.165, 1.54) is 4.90 Å². The number of carbonyl (C=O) groups is 2. The Labute approximate surface area is 170 Å². The van der Waals surface area contributed by atoms with Gasteiger partial charge in [-0.2, -0.15) is 0 Å². The number of carbonyl (C=O) groups excluding carboxylic acids is 2. The van der Waals surface area contributed by atoms with Crippen LogP contribution in [0.3, 0.4) is 0 Å². The zero-order valence-corrected chi connectivity index (χ0v) is 16.7. The number of rotatable bonds is 5. The van der Waals surface area contributed by atoms with Crippen molar-refractivity contribution in [2.75, 3.05) is 44.1 Å². The Morgan fingerprint density at radius 2 is 2.03 bits per heavy atom. The minimum atomic E-state index is -0.165. The smallest absolute Gasteiger partial charge is 0.282 e. The Morgan fingerprint density at radius 1 is 1.21 bits per heavy atom. The van der Waals surface area contributed by atoms with Crippen LogP contribution in [0.5, 0.6) is 11.5 Å². The van der Waals surface area contributed by atoms with Crippen molar-refractivity contribution in [3.8, 4) is 11.5 Å². The maximum atomic E-state index is 13.2. The van der Waals surface area contributed by atoms with Gasteiger partial charge in [-0.1, -0.05) is 12.1 Å². The topological polar surface area (TPSA) is 72.3 Å². The van der Waals surface area contributed by atoms with Crippen molar-refractivity contribution in [3.63, 3.8) is 0 Å². The molecule has 2 amide bonds. The summed E-state index contributed by atoms with van der Waals surface area (Å²) in [5, 5.41) is 2.83. The Hall–Kier alpha value is -3.06. The number of benzene rings is 2. The first-order valence-corrected chi connectivity index (χ1v) is 9.86. The molecule has 152 valence electrons. The fourth-order valence-corrected chi connectivity index (χ4v) is 4.35. The number of hydrogen-bond acceptors (Lipinski definition) is 4. The maximum absolute atomic E-state index is 13.2. The van der Waals surface area contributed by atoms with Gasteiger partial charge in [0.1, 0.15) is 24.1 Å².